The Morgan fingerprint density at radius 3 is 2.06 bits per heavy atom. The third-order valence-electron chi connectivity index (χ3n) is 6.68. The summed E-state index contributed by atoms with van der Waals surface area (Å²) in [4.78, 5) is 16.7. The van der Waals surface area contributed by atoms with Crippen LogP contribution in [0.4, 0.5) is 18.0 Å². The SMILES string of the molecule is CC(C)(C)OC(=O)N1CCC(C)(N2CCC(Cc3ccc(C(F)(F)F)cc3)CC2)CC1. The fraction of sp³-hybridized carbons (Fsp3) is 0.708. The molecular formula is C24H35F3N2O2. The number of halogens is 3. The molecule has 0 N–H and O–H groups in total. The van der Waals surface area contributed by atoms with Gasteiger partial charge in [0.05, 0.1) is 5.56 Å². The Morgan fingerprint density at radius 1 is 1.03 bits per heavy atom. The molecule has 2 saturated heterocycles. The van der Waals surface area contributed by atoms with Gasteiger partial charge in [-0.2, -0.15) is 13.2 Å². The highest BCUT2D eigenvalue weighted by molar-refractivity contribution is 5.68. The molecule has 2 aliphatic rings. The zero-order valence-electron chi connectivity index (χ0n) is 19.1. The average molecular weight is 441 g/mol. The van der Waals surface area contributed by atoms with Crippen molar-refractivity contribution < 1.29 is 22.7 Å². The van der Waals surface area contributed by atoms with Gasteiger partial charge in [-0.1, -0.05) is 12.1 Å². The van der Waals surface area contributed by atoms with Crippen LogP contribution in [0.25, 0.3) is 0 Å². The molecule has 1 aromatic carbocycles. The molecular weight excluding hydrogens is 405 g/mol. The van der Waals surface area contributed by atoms with Crippen LogP contribution in [-0.2, 0) is 17.3 Å². The molecule has 0 spiro atoms. The van der Waals surface area contributed by atoms with E-state index >= 15 is 0 Å². The van der Waals surface area contributed by atoms with Crippen LogP contribution in [-0.4, -0.2) is 53.2 Å². The van der Waals surface area contributed by atoms with Gasteiger partial charge in [0, 0.05) is 18.6 Å². The second-order valence-corrected chi connectivity index (χ2v) is 10.3. The normalized spacial score (nSPS) is 21.2. The Morgan fingerprint density at radius 2 is 1.58 bits per heavy atom. The average Bonchev–Trinajstić information content (AvgIpc) is 2.67. The van der Waals surface area contributed by atoms with Gasteiger partial charge in [-0.3, -0.25) is 4.90 Å². The highest BCUT2D eigenvalue weighted by Crippen LogP contribution is 2.34. The number of ether oxygens (including phenoxy) is 1. The lowest BCUT2D eigenvalue weighted by atomic mass is 9.83. The van der Waals surface area contributed by atoms with E-state index in [2.05, 4.69) is 11.8 Å². The summed E-state index contributed by atoms with van der Waals surface area (Å²) in [5, 5.41) is 0. The number of nitrogens with zero attached hydrogens (tertiary/aromatic N) is 2. The molecule has 31 heavy (non-hydrogen) atoms. The molecule has 2 heterocycles. The van der Waals surface area contributed by atoms with Gasteiger partial charge < -0.3 is 9.64 Å². The Bertz CT molecular complexity index is 740. The molecule has 1 aromatic rings. The van der Waals surface area contributed by atoms with Gasteiger partial charge in [-0.15, -0.1) is 0 Å². The lowest BCUT2D eigenvalue weighted by Crippen LogP contribution is -2.56. The number of alkyl halides is 3. The van der Waals surface area contributed by atoms with E-state index < -0.39 is 17.3 Å². The lowest BCUT2D eigenvalue weighted by Gasteiger charge is -2.49. The van der Waals surface area contributed by atoms with Crippen molar-refractivity contribution in [2.45, 2.75) is 77.1 Å². The summed E-state index contributed by atoms with van der Waals surface area (Å²) in [5.41, 5.74) is -0.00926. The van der Waals surface area contributed by atoms with Crippen molar-refractivity contribution in [1.29, 1.82) is 0 Å². The summed E-state index contributed by atoms with van der Waals surface area (Å²) in [5.74, 6) is 0.499. The predicted octanol–water partition coefficient (Wildman–Crippen LogP) is 5.75. The van der Waals surface area contributed by atoms with E-state index in [1.165, 1.54) is 12.1 Å². The molecule has 4 nitrogen and oxygen atoms in total. The molecule has 1 amide bonds. The van der Waals surface area contributed by atoms with E-state index in [1.54, 1.807) is 12.1 Å². The number of carbonyl (C=O) groups excluding carboxylic acids is 1. The highest BCUT2D eigenvalue weighted by Gasteiger charge is 2.39. The van der Waals surface area contributed by atoms with Crippen molar-refractivity contribution >= 4 is 6.09 Å². The zero-order valence-corrected chi connectivity index (χ0v) is 19.1. The van der Waals surface area contributed by atoms with E-state index in [-0.39, 0.29) is 11.6 Å². The van der Waals surface area contributed by atoms with Crippen LogP contribution < -0.4 is 0 Å². The van der Waals surface area contributed by atoms with E-state index in [0.29, 0.717) is 19.0 Å². The molecule has 3 rings (SSSR count). The maximum absolute atomic E-state index is 12.7. The van der Waals surface area contributed by atoms with Gasteiger partial charge >= 0.3 is 12.3 Å². The highest BCUT2D eigenvalue weighted by atomic mass is 19.4. The maximum atomic E-state index is 12.7. The molecule has 0 radical (unpaired) electrons. The van der Waals surface area contributed by atoms with Crippen LogP contribution in [0, 0.1) is 5.92 Å². The number of carbonyl (C=O) groups is 1. The third kappa shape index (κ3) is 6.37. The molecule has 2 aliphatic heterocycles. The minimum absolute atomic E-state index is 0.0812. The first kappa shape index (κ1) is 23.9. The standard InChI is InChI=1S/C24H35F3N2O2/c1-22(2,3)31-21(30)28-15-11-23(4,12-16-28)29-13-9-19(10-14-29)17-18-5-7-20(8-6-18)24(25,26)27/h5-8,19H,9-17H2,1-4H3. The van der Waals surface area contributed by atoms with E-state index in [1.807, 2.05) is 25.7 Å². The molecule has 2 fully saturated rings. The van der Waals surface area contributed by atoms with Crippen LogP contribution in [0.2, 0.25) is 0 Å². The number of amides is 1. The summed E-state index contributed by atoms with van der Waals surface area (Å²) in [7, 11) is 0. The van der Waals surface area contributed by atoms with Crippen molar-refractivity contribution in [2.24, 2.45) is 5.92 Å². The minimum atomic E-state index is -4.28. The summed E-state index contributed by atoms with van der Waals surface area (Å²) in [6.07, 6.45) is 0.266. The van der Waals surface area contributed by atoms with Crippen LogP contribution in [0.3, 0.4) is 0 Å². The molecule has 7 heteroatoms. The fourth-order valence-corrected chi connectivity index (χ4v) is 4.65. The van der Waals surface area contributed by atoms with Gasteiger partial charge in [0.2, 0.25) is 0 Å². The van der Waals surface area contributed by atoms with Crippen LogP contribution in [0.1, 0.15) is 64.5 Å². The molecule has 0 aliphatic carbocycles. The maximum Gasteiger partial charge on any atom is 0.416 e. The topological polar surface area (TPSA) is 32.8 Å². The molecule has 0 saturated carbocycles. The monoisotopic (exact) mass is 440 g/mol. The number of rotatable bonds is 3. The molecule has 174 valence electrons. The van der Waals surface area contributed by atoms with Gasteiger partial charge in [-0.05, 0) is 96.5 Å². The van der Waals surface area contributed by atoms with Gasteiger partial charge in [0.15, 0.2) is 0 Å². The van der Waals surface area contributed by atoms with Crippen molar-refractivity contribution in [1.82, 2.24) is 9.80 Å². The van der Waals surface area contributed by atoms with Gasteiger partial charge in [0.1, 0.15) is 5.60 Å². The first-order valence-electron chi connectivity index (χ1n) is 11.2. The molecule has 0 bridgehead atoms. The number of hydrogen-bond donors (Lipinski definition) is 0. The van der Waals surface area contributed by atoms with Crippen LogP contribution in [0.15, 0.2) is 24.3 Å². The summed E-state index contributed by atoms with van der Waals surface area (Å²) in [6, 6.07) is 5.60. The minimum Gasteiger partial charge on any atom is -0.444 e. The lowest BCUT2D eigenvalue weighted by molar-refractivity contribution is -0.137. The molecule has 0 aromatic heterocycles. The summed E-state index contributed by atoms with van der Waals surface area (Å²) < 4.78 is 43.7. The first-order valence-corrected chi connectivity index (χ1v) is 11.2. The fourth-order valence-electron chi connectivity index (χ4n) is 4.65. The van der Waals surface area contributed by atoms with E-state index in [4.69, 9.17) is 4.74 Å². The molecule has 0 atom stereocenters. The third-order valence-corrected chi connectivity index (χ3v) is 6.68. The molecule has 0 unspecified atom stereocenters. The Balaban J connectivity index is 1.47. The number of likely N-dealkylation sites (tertiary alicyclic amines) is 2. The Labute approximate surface area is 183 Å². The first-order chi connectivity index (χ1) is 14.4. The van der Waals surface area contributed by atoms with Crippen LogP contribution >= 0.6 is 0 Å². The summed E-state index contributed by atoms with van der Waals surface area (Å²) in [6.45, 7) is 11.3. The smallest absolute Gasteiger partial charge is 0.416 e. The summed E-state index contributed by atoms with van der Waals surface area (Å²) >= 11 is 0. The van der Waals surface area contributed by atoms with Crippen molar-refractivity contribution in [2.75, 3.05) is 26.2 Å². The predicted molar refractivity (Wildman–Crippen MR) is 115 cm³/mol. The van der Waals surface area contributed by atoms with Crippen molar-refractivity contribution in [3.63, 3.8) is 0 Å². The Kier molecular flexibility index (Phi) is 6.94. The zero-order chi connectivity index (χ0) is 22.9. The Hall–Kier alpha value is -1.76. The van der Waals surface area contributed by atoms with Crippen LogP contribution in [0.5, 0.6) is 0 Å². The largest absolute Gasteiger partial charge is 0.444 e. The van der Waals surface area contributed by atoms with Gasteiger partial charge in [0.25, 0.3) is 0 Å². The van der Waals surface area contributed by atoms with E-state index in [0.717, 1.165) is 50.8 Å². The number of piperidine rings is 2. The van der Waals surface area contributed by atoms with E-state index in [9.17, 15) is 18.0 Å². The second-order valence-electron chi connectivity index (χ2n) is 10.3. The number of benzene rings is 1. The quantitative estimate of drug-likeness (QED) is 0.600. The van der Waals surface area contributed by atoms with Gasteiger partial charge in [-0.25, -0.2) is 4.79 Å². The number of hydrogen-bond acceptors (Lipinski definition) is 3. The second kappa shape index (κ2) is 9.00. The van der Waals surface area contributed by atoms with Crippen molar-refractivity contribution in [3.8, 4) is 0 Å². The van der Waals surface area contributed by atoms with Crippen molar-refractivity contribution in [3.05, 3.63) is 35.4 Å².